The van der Waals surface area contributed by atoms with Crippen LogP contribution >= 0.6 is 11.3 Å². The van der Waals surface area contributed by atoms with Crippen LogP contribution in [0.25, 0.3) is 0 Å². The van der Waals surface area contributed by atoms with Crippen molar-refractivity contribution in [1.29, 1.82) is 0 Å². The molecule has 0 aliphatic heterocycles. The molecule has 98 valence electrons. The summed E-state index contributed by atoms with van der Waals surface area (Å²) in [7, 11) is 1.53. The quantitative estimate of drug-likeness (QED) is 0.886. The van der Waals surface area contributed by atoms with Gasteiger partial charge in [-0.25, -0.2) is 4.98 Å². The van der Waals surface area contributed by atoms with Crippen molar-refractivity contribution in [1.82, 2.24) is 15.6 Å². The van der Waals surface area contributed by atoms with E-state index in [0.29, 0.717) is 6.54 Å². The minimum atomic E-state index is -0.285. The van der Waals surface area contributed by atoms with E-state index in [-0.39, 0.29) is 22.5 Å². The summed E-state index contributed by atoms with van der Waals surface area (Å²) in [4.78, 5) is 27.2. The van der Waals surface area contributed by atoms with E-state index in [4.69, 9.17) is 0 Å². The van der Waals surface area contributed by atoms with Crippen molar-refractivity contribution in [3.05, 3.63) is 52.0 Å². The van der Waals surface area contributed by atoms with Crippen molar-refractivity contribution in [2.24, 2.45) is 0 Å². The Morgan fingerprint density at radius 1 is 1.21 bits per heavy atom. The lowest BCUT2D eigenvalue weighted by molar-refractivity contribution is 0.0946. The highest BCUT2D eigenvalue weighted by atomic mass is 32.1. The van der Waals surface area contributed by atoms with Gasteiger partial charge in [0.15, 0.2) is 5.01 Å². The first-order valence-electron chi connectivity index (χ1n) is 5.70. The van der Waals surface area contributed by atoms with Crippen molar-refractivity contribution in [3.8, 4) is 0 Å². The normalized spacial score (nSPS) is 9.95. The minimum absolute atomic E-state index is 0.263. The monoisotopic (exact) mass is 275 g/mol. The fourth-order valence-corrected chi connectivity index (χ4v) is 2.20. The summed E-state index contributed by atoms with van der Waals surface area (Å²) in [6.45, 7) is 0.437. The van der Waals surface area contributed by atoms with Crippen LogP contribution in [-0.2, 0) is 6.54 Å². The average molecular weight is 275 g/mol. The number of carbonyl (C=O) groups excluding carboxylic acids is 2. The number of nitrogens with one attached hydrogen (secondary N) is 2. The third-order valence-corrected chi connectivity index (χ3v) is 3.30. The molecule has 0 spiro atoms. The van der Waals surface area contributed by atoms with Crippen LogP contribution in [-0.4, -0.2) is 23.8 Å². The van der Waals surface area contributed by atoms with Gasteiger partial charge in [-0.1, -0.05) is 30.3 Å². The van der Waals surface area contributed by atoms with Crippen LogP contribution < -0.4 is 10.6 Å². The van der Waals surface area contributed by atoms with Gasteiger partial charge in [0, 0.05) is 19.0 Å². The molecule has 0 atom stereocenters. The lowest BCUT2D eigenvalue weighted by atomic mass is 10.2. The maximum atomic E-state index is 11.8. The zero-order valence-corrected chi connectivity index (χ0v) is 11.2. The van der Waals surface area contributed by atoms with Gasteiger partial charge in [-0.15, -0.1) is 11.3 Å². The van der Waals surface area contributed by atoms with Gasteiger partial charge in [0.2, 0.25) is 0 Å². The summed E-state index contributed by atoms with van der Waals surface area (Å²) in [6.07, 6.45) is 0. The molecule has 2 N–H and O–H groups in total. The molecule has 0 bridgehead atoms. The number of amides is 2. The summed E-state index contributed by atoms with van der Waals surface area (Å²) in [5, 5.41) is 7.09. The molecule has 6 heteroatoms. The Hall–Kier alpha value is -2.21. The Bertz CT molecular complexity index is 581. The van der Waals surface area contributed by atoms with Crippen LogP contribution in [0, 0.1) is 0 Å². The molecule has 0 saturated carbocycles. The Balaban J connectivity index is 1.97. The van der Waals surface area contributed by atoms with Crippen LogP contribution in [0.15, 0.2) is 35.7 Å². The van der Waals surface area contributed by atoms with Gasteiger partial charge in [0.05, 0.1) is 0 Å². The lowest BCUT2D eigenvalue weighted by Gasteiger charge is -2.02. The SMILES string of the molecule is CNC(=O)c1nc(C(=O)NCc2ccccc2)cs1. The predicted molar refractivity (Wildman–Crippen MR) is 73.1 cm³/mol. The highest BCUT2D eigenvalue weighted by molar-refractivity contribution is 7.11. The molecule has 0 saturated heterocycles. The Labute approximate surface area is 114 Å². The van der Waals surface area contributed by atoms with Gasteiger partial charge in [-0.3, -0.25) is 9.59 Å². The number of thiazole rings is 1. The Morgan fingerprint density at radius 2 is 1.95 bits per heavy atom. The van der Waals surface area contributed by atoms with Crippen molar-refractivity contribution in [2.45, 2.75) is 6.54 Å². The van der Waals surface area contributed by atoms with Crippen LogP contribution in [0.3, 0.4) is 0 Å². The number of hydrogen-bond donors (Lipinski definition) is 2. The number of nitrogens with zero attached hydrogens (tertiary/aromatic N) is 1. The second kappa shape index (κ2) is 6.10. The maximum Gasteiger partial charge on any atom is 0.280 e. The number of aromatic nitrogens is 1. The van der Waals surface area contributed by atoms with Crippen molar-refractivity contribution in [2.75, 3.05) is 7.05 Å². The van der Waals surface area contributed by atoms with E-state index in [2.05, 4.69) is 15.6 Å². The molecule has 0 aliphatic carbocycles. The molecule has 0 unspecified atom stereocenters. The summed E-state index contributed by atoms with van der Waals surface area (Å²) < 4.78 is 0. The van der Waals surface area contributed by atoms with Gasteiger partial charge < -0.3 is 10.6 Å². The number of rotatable bonds is 4. The summed E-state index contributed by atoms with van der Waals surface area (Å²) >= 11 is 1.15. The van der Waals surface area contributed by atoms with Crippen molar-refractivity contribution < 1.29 is 9.59 Å². The number of carbonyl (C=O) groups is 2. The largest absolute Gasteiger partial charge is 0.353 e. The van der Waals surface area contributed by atoms with Crippen LogP contribution in [0.5, 0.6) is 0 Å². The van der Waals surface area contributed by atoms with E-state index in [0.717, 1.165) is 16.9 Å². The predicted octanol–water partition coefficient (Wildman–Crippen LogP) is 1.43. The third kappa shape index (κ3) is 3.38. The molecule has 5 nitrogen and oxygen atoms in total. The van der Waals surface area contributed by atoms with Crippen molar-refractivity contribution in [3.63, 3.8) is 0 Å². The average Bonchev–Trinajstić information content (AvgIpc) is 2.95. The van der Waals surface area contributed by atoms with E-state index >= 15 is 0 Å². The molecule has 2 aromatic rings. The maximum absolute atomic E-state index is 11.8. The zero-order chi connectivity index (χ0) is 13.7. The molecule has 0 fully saturated rings. The van der Waals surface area contributed by atoms with Gasteiger partial charge >= 0.3 is 0 Å². The van der Waals surface area contributed by atoms with E-state index in [1.807, 2.05) is 30.3 Å². The van der Waals surface area contributed by atoms with Crippen LogP contribution in [0.2, 0.25) is 0 Å². The van der Waals surface area contributed by atoms with Gasteiger partial charge in [0.25, 0.3) is 11.8 Å². The fraction of sp³-hybridized carbons (Fsp3) is 0.154. The molecule has 1 aromatic heterocycles. The molecule has 1 heterocycles. The second-order valence-electron chi connectivity index (χ2n) is 3.79. The molecule has 2 rings (SSSR count). The highest BCUT2D eigenvalue weighted by Crippen LogP contribution is 2.09. The molecule has 2 amide bonds. The third-order valence-electron chi connectivity index (χ3n) is 2.45. The first kappa shape index (κ1) is 13.2. The Morgan fingerprint density at radius 3 is 2.63 bits per heavy atom. The zero-order valence-electron chi connectivity index (χ0n) is 10.3. The molecular formula is C13H13N3O2S. The number of benzene rings is 1. The molecule has 0 radical (unpaired) electrons. The first-order valence-corrected chi connectivity index (χ1v) is 6.58. The molecule has 19 heavy (non-hydrogen) atoms. The van der Waals surface area contributed by atoms with Crippen molar-refractivity contribution >= 4 is 23.2 Å². The number of hydrogen-bond acceptors (Lipinski definition) is 4. The summed E-state index contributed by atoms with van der Waals surface area (Å²) in [5.74, 6) is -0.567. The van der Waals surface area contributed by atoms with E-state index in [9.17, 15) is 9.59 Å². The lowest BCUT2D eigenvalue weighted by Crippen LogP contribution is -2.23. The van der Waals surface area contributed by atoms with Crippen LogP contribution in [0.4, 0.5) is 0 Å². The van der Waals surface area contributed by atoms with E-state index in [1.165, 1.54) is 7.05 Å². The van der Waals surface area contributed by atoms with Gasteiger partial charge in [-0.05, 0) is 5.56 Å². The highest BCUT2D eigenvalue weighted by Gasteiger charge is 2.14. The minimum Gasteiger partial charge on any atom is -0.353 e. The fourth-order valence-electron chi connectivity index (χ4n) is 1.46. The topological polar surface area (TPSA) is 71.1 Å². The second-order valence-corrected chi connectivity index (χ2v) is 4.64. The smallest absolute Gasteiger partial charge is 0.280 e. The summed E-state index contributed by atoms with van der Waals surface area (Å²) in [6, 6.07) is 9.60. The van der Waals surface area contributed by atoms with E-state index in [1.54, 1.807) is 5.38 Å². The molecule has 1 aromatic carbocycles. The van der Waals surface area contributed by atoms with Gasteiger partial charge in [-0.2, -0.15) is 0 Å². The van der Waals surface area contributed by atoms with Crippen LogP contribution in [0.1, 0.15) is 25.9 Å². The first-order chi connectivity index (χ1) is 9.20. The Kier molecular flexibility index (Phi) is 4.25. The standard InChI is InChI=1S/C13H13N3O2S/c1-14-12(18)13-16-10(8-19-13)11(17)15-7-9-5-3-2-4-6-9/h2-6,8H,7H2,1H3,(H,14,18)(H,15,17). The molecular weight excluding hydrogens is 262 g/mol. The van der Waals surface area contributed by atoms with Gasteiger partial charge in [0.1, 0.15) is 5.69 Å². The summed E-state index contributed by atoms with van der Waals surface area (Å²) in [5.41, 5.74) is 1.28. The molecule has 0 aliphatic rings. The van der Waals surface area contributed by atoms with E-state index < -0.39 is 0 Å².